The lowest BCUT2D eigenvalue weighted by Gasteiger charge is -2.22. The van der Waals surface area contributed by atoms with Crippen LogP contribution in [0.2, 0.25) is 0 Å². The number of aryl methyl sites for hydroxylation is 1. The van der Waals surface area contributed by atoms with Crippen molar-refractivity contribution < 1.29 is 5.11 Å². The Labute approximate surface area is 118 Å². The molecule has 2 rings (SSSR count). The molecule has 0 unspecified atom stereocenters. The first kappa shape index (κ1) is 13.5. The molecule has 0 saturated carbocycles. The Morgan fingerprint density at radius 1 is 1.39 bits per heavy atom. The maximum Gasteiger partial charge on any atom is 0.136 e. The van der Waals surface area contributed by atoms with Gasteiger partial charge in [-0.05, 0) is 25.1 Å². The van der Waals surface area contributed by atoms with Crippen LogP contribution in [0.3, 0.4) is 0 Å². The fourth-order valence-corrected chi connectivity index (χ4v) is 2.77. The van der Waals surface area contributed by atoms with E-state index < -0.39 is 0 Å². The van der Waals surface area contributed by atoms with Gasteiger partial charge in [0.2, 0.25) is 0 Å². The first-order valence-electron chi connectivity index (χ1n) is 5.59. The van der Waals surface area contributed by atoms with Gasteiger partial charge in [-0.1, -0.05) is 33.3 Å². The SMILES string of the molecule is Cc1nnc(CN(CCO)c2cccc(Br)c2)s1. The normalized spacial score (nSPS) is 10.6. The van der Waals surface area contributed by atoms with Gasteiger partial charge in [0.15, 0.2) is 0 Å². The number of aliphatic hydroxyl groups excluding tert-OH is 1. The summed E-state index contributed by atoms with van der Waals surface area (Å²) in [6.45, 7) is 3.30. The van der Waals surface area contributed by atoms with Crippen LogP contribution in [0.25, 0.3) is 0 Å². The fraction of sp³-hybridized carbons (Fsp3) is 0.333. The standard InChI is InChI=1S/C12H14BrN3OS/c1-9-14-15-12(18-9)8-16(5-6-17)11-4-2-3-10(13)7-11/h2-4,7,17H,5-6,8H2,1H3. The molecular formula is C12H14BrN3OS. The highest BCUT2D eigenvalue weighted by atomic mass is 79.9. The molecule has 6 heteroatoms. The van der Waals surface area contributed by atoms with Crippen LogP contribution in [0.15, 0.2) is 28.7 Å². The van der Waals surface area contributed by atoms with Gasteiger partial charge in [-0.3, -0.25) is 0 Å². The molecule has 0 aliphatic carbocycles. The van der Waals surface area contributed by atoms with Gasteiger partial charge in [-0.2, -0.15) is 0 Å². The van der Waals surface area contributed by atoms with Crippen LogP contribution < -0.4 is 4.90 Å². The Balaban J connectivity index is 2.17. The lowest BCUT2D eigenvalue weighted by atomic mass is 10.3. The molecule has 0 saturated heterocycles. The van der Waals surface area contributed by atoms with E-state index >= 15 is 0 Å². The van der Waals surface area contributed by atoms with Crippen molar-refractivity contribution in [2.75, 3.05) is 18.1 Å². The predicted octanol–water partition coefficient (Wildman–Crippen LogP) is 2.61. The largest absolute Gasteiger partial charge is 0.395 e. The molecule has 0 fully saturated rings. The van der Waals surface area contributed by atoms with Crippen molar-refractivity contribution in [3.05, 3.63) is 38.8 Å². The first-order valence-corrected chi connectivity index (χ1v) is 7.20. The maximum absolute atomic E-state index is 9.16. The van der Waals surface area contributed by atoms with Crippen molar-refractivity contribution >= 4 is 33.0 Å². The van der Waals surface area contributed by atoms with Gasteiger partial charge in [-0.15, -0.1) is 10.2 Å². The van der Waals surface area contributed by atoms with Gasteiger partial charge in [-0.25, -0.2) is 0 Å². The van der Waals surface area contributed by atoms with E-state index in [9.17, 15) is 0 Å². The number of hydrogen-bond acceptors (Lipinski definition) is 5. The zero-order chi connectivity index (χ0) is 13.0. The van der Waals surface area contributed by atoms with Crippen molar-refractivity contribution in [3.8, 4) is 0 Å². The van der Waals surface area contributed by atoms with Gasteiger partial charge < -0.3 is 10.0 Å². The molecule has 4 nitrogen and oxygen atoms in total. The molecule has 0 amide bonds. The second-order valence-electron chi connectivity index (χ2n) is 3.84. The minimum atomic E-state index is 0.115. The Kier molecular flexibility index (Phi) is 4.68. The summed E-state index contributed by atoms with van der Waals surface area (Å²) >= 11 is 5.04. The monoisotopic (exact) mass is 327 g/mol. The summed E-state index contributed by atoms with van der Waals surface area (Å²) in [5.41, 5.74) is 1.06. The number of aromatic nitrogens is 2. The summed E-state index contributed by atoms with van der Waals surface area (Å²) < 4.78 is 1.02. The van der Waals surface area contributed by atoms with Crippen molar-refractivity contribution in [2.24, 2.45) is 0 Å². The molecule has 0 aliphatic heterocycles. The Morgan fingerprint density at radius 3 is 2.83 bits per heavy atom. The van der Waals surface area contributed by atoms with Gasteiger partial charge >= 0.3 is 0 Å². The summed E-state index contributed by atoms with van der Waals surface area (Å²) in [6, 6.07) is 8.02. The van der Waals surface area contributed by atoms with Crippen LogP contribution >= 0.6 is 27.3 Å². The van der Waals surface area contributed by atoms with Crippen molar-refractivity contribution in [3.63, 3.8) is 0 Å². The van der Waals surface area contributed by atoms with E-state index in [1.54, 1.807) is 11.3 Å². The average Bonchev–Trinajstić information content (AvgIpc) is 2.74. The number of hydrogen-bond donors (Lipinski definition) is 1. The lowest BCUT2D eigenvalue weighted by Crippen LogP contribution is -2.26. The Morgan fingerprint density at radius 2 is 2.22 bits per heavy atom. The second-order valence-corrected chi connectivity index (χ2v) is 6.02. The number of anilines is 1. The first-order chi connectivity index (χ1) is 8.69. The van der Waals surface area contributed by atoms with E-state index in [-0.39, 0.29) is 6.61 Å². The molecule has 0 spiro atoms. The minimum Gasteiger partial charge on any atom is -0.395 e. The highest BCUT2D eigenvalue weighted by molar-refractivity contribution is 9.10. The quantitative estimate of drug-likeness (QED) is 0.917. The topological polar surface area (TPSA) is 49.2 Å². The van der Waals surface area contributed by atoms with Crippen LogP contribution in [0.5, 0.6) is 0 Å². The number of halogens is 1. The highest BCUT2D eigenvalue weighted by Gasteiger charge is 2.10. The molecule has 96 valence electrons. The van der Waals surface area contributed by atoms with E-state index in [0.29, 0.717) is 13.1 Å². The molecule has 1 heterocycles. The lowest BCUT2D eigenvalue weighted by molar-refractivity contribution is 0.301. The van der Waals surface area contributed by atoms with Crippen LogP contribution in [-0.2, 0) is 6.54 Å². The summed E-state index contributed by atoms with van der Waals surface area (Å²) in [6.07, 6.45) is 0. The molecule has 0 radical (unpaired) electrons. The summed E-state index contributed by atoms with van der Waals surface area (Å²) in [7, 11) is 0. The predicted molar refractivity (Wildman–Crippen MR) is 76.9 cm³/mol. The molecule has 0 bridgehead atoms. The summed E-state index contributed by atoms with van der Waals surface area (Å²) in [4.78, 5) is 2.09. The zero-order valence-electron chi connectivity index (χ0n) is 10.0. The van der Waals surface area contributed by atoms with E-state index in [1.807, 2.05) is 31.2 Å². The van der Waals surface area contributed by atoms with Crippen LogP contribution in [0.1, 0.15) is 10.0 Å². The van der Waals surface area contributed by atoms with Gasteiger partial charge in [0.05, 0.1) is 13.2 Å². The van der Waals surface area contributed by atoms with Crippen molar-refractivity contribution in [1.82, 2.24) is 10.2 Å². The average molecular weight is 328 g/mol. The number of rotatable bonds is 5. The molecule has 1 aromatic carbocycles. The summed E-state index contributed by atoms with van der Waals surface area (Å²) in [5, 5.41) is 19.2. The Bertz CT molecular complexity index is 518. The molecule has 2 aromatic rings. The highest BCUT2D eigenvalue weighted by Crippen LogP contribution is 2.22. The van der Waals surface area contributed by atoms with Crippen LogP contribution in [0.4, 0.5) is 5.69 Å². The maximum atomic E-state index is 9.16. The van der Waals surface area contributed by atoms with E-state index in [4.69, 9.17) is 5.11 Å². The number of benzene rings is 1. The third kappa shape index (κ3) is 3.51. The molecule has 1 N–H and O–H groups in total. The van der Waals surface area contributed by atoms with E-state index in [2.05, 4.69) is 31.0 Å². The minimum absolute atomic E-state index is 0.115. The van der Waals surface area contributed by atoms with Crippen molar-refractivity contribution in [2.45, 2.75) is 13.5 Å². The smallest absolute Gasteiger partial charge is 0.136 e. The summed E-state index contributed by atoms with van der Waals surface area (Å²) in [5.74, 6) is 0. The van der Waals surface area contributed by atoms with Crippen LogP contribution in [-0.4, -0.2) is 28.5 Å². The molecule has 0 atom stereocenters. The number of nitrogens with zero attached hydrogens (tertiary/aromatic N) is 3. The van der Waals surface area contributed by atoms with Gasteiger partial charge in [0, 0.05) is 16.7 Å². The van der Waals surface area contributed by atoms with Gasteiger partial charge in [0.1, 0.15) is 10.0 Å². The fourth-order valence-electron chi connectivity index (χ4n) is 1.66. The van der Waals surface area contributed by atoms with E-state index in [0.717, 1.165) is 20.2 Å². The van der Waals surface area contributed by atoms with Crippen molar-refractivity contribution in [1.29, 1.82) is 0 Å². The number of aliphatic hydroxyl groups is 1. The third-order valence-corrected chi connectivity index (χ3v) is 3.75. The molecule has 1 aromatic heterocycles. The second kappa shape index (κ2) is 6.26. The van der Waals surface area contributed by atoms with E-state index in [1.165, 1.54) is 0 Å². The van der Waals surface area contributed by atoms with Gasteiger partial charge in [0.25, 0.3) is 0 Å². The molecular weight excluding hydrogens is 314 g/mol. The Hall–Kier alpha value is -0.980. The third-order valence-electron chi connectivity index (χ3n) is 2.44. The van der Waals surface area contributed by atoms with Crippen LogP contribution in [0, 0.1) is 6.92 Å². The molecule has 18 heavy (non-hydrogen) atoms. The molecule has 0 aliphatic rings. The zero-order valence-corrected chi connectivity index (χ0v) is 12.4.